The highest BCUT2D eigenvalue weighted by atomic mass is 33.1. The molecule has 17 N–H and O–H groups in total. The molecule has 7 amide bonds. The summed E-state index contributed by atoms with van der Waals surface area (Å²) in [7, 11) is 2.18. The van der Waals surface area contributed by atoms with Gasteiger partial charge >= 0.3 is 0 Å². The Kier molecular flexibility index (Phi) is 21.6. The van der Waals surface area contributed by atoms with E-state index in [0.717, 1.165) is 54.5 Å². The highest BCUT2D eigenvalue weighted by molar-refractivity contribution is 8.76. The summed E-state index contributed by atoms with van der Waals surface area (Å²) < 4.78 is 0. The lowest BCUT2D eigenvalue weighted by Gasteiger charge is -2.29. The van der Waals surface area contributed by atoms with Gasteiger partial charge < -0.3 is 69.5 Å². The lowest BCUT2D eigenvalue weighted by atomic mass is 10.00. The van der Waals surface area contributed by atoms with Gasteiger partial charge in [0.05, 0.1) is 12.1 Å². The number of hydrogen-bond acceptors (Lipinski definition) is 13. The Labute approximate surface area is 471 Å². The number of fused-ring (bicyclic) bond motifs is 2. The van der Waals surface area contributed by atoms with E-state index in [-0.39, 0.29) is 55.2 Å². The third-order valence-electron chi connectivity index (χ3n) is 13.8. The number of hydrogen-bond donors (Lipinski definition) is 14. The maximum absolute atomic E-state index is 14.9. The zero-order valence-corrected chi connectivity index (χ0v) is 46.2. The molecule has 7 rings (SSSR count). The number of aromatic hydroxyl groups is 1. The quantitative estimate of drug-likeness (QED) is 0.0255. The summed E-state index contributed by atoms with van der Waals surface area (Å²) in [5.74, 6) is -6.31. The molecule has 8 unspecified atom stereocenters. The highest BCUT2D eigenvalue weighted by Crippen LogP contribution is 2.25. The van der Waals surface area contributed by atoms with E-state index in [2.05, 4.69) is 47.2 Å². The van der Waals surface area contributed by atoms with Gasteiger partial charge in [-0.05, 0) is 84.7 Å². The smallest absolute Gasteiger partial charge is 0.244 e. The fraction of sp³-hybridized carbons (Fsp3) is 0.368. The molecule has 1 fully saturated rings. The molecule has 1 aliphatic heterocycles. The summed E-state index contributed by atoms with van der Waals surface area (Å²) in [4.78, 5) is 108. The van der Waals surface area contributed by atoms with Gasteiger partial charge in [0.1, 0.15) is 47.8 Å². The van der Waals surface area contributed by atoms with Gasteiger partial charge in [0, 0.05) is 65.0 Å². The number of aromatic nitrogens is 2. The number of nitrogens with one attached hydrogen (secondary N) is 10. The molecule has 4 aromatic carbocycles. The molecule has 1 aliphatic rings. The Hall–Kier alpha value is -7.86. The second kappa shape index (κ2) is 28.9. The van der Waals surface area contributed by atoms with Crippen LogP contribution >= 0.6 is 21.6 Å². The molecule has 8 atom stereocenters. The average molecular weight is 1130 g/mol. The standard InChI is InChI=1S/C57H71N13O8S2/c1-32(2)49-57(78)69-48(55(76)65-44(50(60)61)26-35-28-62-41-16-8-6-14-38(35)41)31-80-79-30-47(68-51(72)40(59)24-33-12-4-3-5-13-33)56(77)66-45(25-34-19-21-37(71)22-20-34)53(74)67-46(27-36-29-63-42-17-9-7-15-39(36)42)54(75)64-43(52(73)70-49)18-10-11-23-58/h3-9,12-17,19-22,28-29,32,40,43-49,62-63,71H,10-11,18,23-27,30-31,58-59H2,1-2H3,(H3,60,61)(H,64,75)(H,65,76)(H,66,77)(H,67,74)(H,68,72)(H,69,78)(H,70,73). The number of rotatable bonds is 18. The van der Waals surface area contributed by atoms with Gasteiger partial charge in [-0.3, -0.25) is 39.0 Å². The largest absolute Gasteiger partial charge is 0.508 e. The van der Waals surface area contributed by atoms with Crippen molar-refractivity contribution in [1.82, 2.24) is 47.2 Å². The second-order valence-corrected chi connectivity index (χ2v) is 22.8. The lowest BCUT2D eigenvalue weighted by Crippen LogP contribution is -2.61. The molecular weight excluding hydrogens is 1060 g/mol. The van der Waals surface area contributed by atoms with Crippen molar-refractivity contribution in [2.24, 2.45) is 23.1 Å². The number of aromatic amines is 2. The van der Waals surface area contributed by atoms with Crippen LogP contribution in [0, 0.1) is 11.3 Å². The van der Waals surface area contributed by atoms with Crippen molar-refractivity contribution in [2.45, 2.75) is 107 Å². The number of para-hydroxylation sites is 2. The topological polar surface area (TPSA) is 357 Å². The first-order chi connectivity index (χ1) is 38.5. The summed E-state index contributed by atoms with van der Waals surface area (Å²) >= 11 is 0. The zero-order valence-electron chi connectivity index (χ0n) is 44.6. The SMILES string of the molecule is CC(C)C1NC(=O)C(CCCCN)NC(=O)C(Cc2c[nH]c3ccccc23)NC(=O)C(Cc2ccc(O)cc2)NC(=O)C(NC(=O)C(N)Cc2ccccc2)CSSCC(C(=O)NC(Cc2c[nH]c3ccccc23)C(=N)N)NC1=O. The van der Waals surface area contributed by atoms with E-state index in [1.165, 1.54) is 12.1 Å². The predicted octanol–water partition coefficient (Wildman–Crippen LogP) is 2.46. The third kappa shape index (κ3) is 16.6. The molecule has 424 valence electrons. The Morgan fingerprint density at radius 2 is 1.24 bits per heavy atom. The first-order valence-electron chi connectivity index (χ1n) is 26.6. The number of amides is 7. The van der Waals surface area contributed by atoms with Gasteiger partial charge in [-0.2, -0.15) is 0 Å². The van der Waals surface area contributed by atoms with Crippen LogP contribution in [0.25, 0.3) is 21.8 Å². The third-order valence-corrected chi connectivity index (χ3v) is 16.2. The van der Waals surface area contributed by atoms with Gasteiger partial charge in [-0.25, -0.2) is 0 Å². The number of benzene rings is 4. The van der Waals surface area contributed by atoms with E-state index in [9.17, 15) is 38.7 Å². The zero-order chi connectivity index (χ0) is 57.3. The minimum absolute atomic E-state index is 0.0359. The molecule has 1 saturated heterocycles. The van der Waals surface area contributed by atoms with Crippen LogP contribution < -0.4 is 54.4 Å². The molecule has 80 heavy (non-hydrogen) atoms. The van der Waals surface area contributed by atoms with Gasteiger partial charge in [0.2, 0.25) is 41.4 Å². The van der Waals surface area contributed by atoms with Crippen molar-refractivity contribution in [2.75, 3.05) is 18.1 Å². The Balaban J connectivity index is 1.25. The van der Waals surface area contributed by atoms with E-state index in [4.69, 9.17) is 22.6 Å². The molecule has 0 spiro atoms. The van der Waals surface area contributed by atoms with Gasteiger partial charge in [0.25, 0.3) is 0 Å². The maximum Gasteiger partial charge on any atom is 0.244 e. The lowest BCUT2D eigenvalue weighted by molar-refractivity contribution is -0.135. The molecule has 21 nitrogen and oxygen atoms in total. The second-order valence-electron chi connectivity index (χ2n) is 20.2. The molecule has 0 aliphatic carbocycles. The monoisotopic (exact) mass is 1130 g/mol. The molecular formula is C57H71N13O8S2. The van der Waals surface area contributed by atoms with E-state index in [0.29, 0.717) is 30.5 Å². The molecule has 0 saturated carbocycles. The van der Waals surface area contributed by atoms with Crippen LogP contribution in [0.15, 0.2) is 116 Å². The number of phenols is 1. The Bertz CT molecular complexity index is 3120. The van der Waals surface area contributed by atoms with Crippen LogP contribution in [-0.4, -0.2) is 129 Å². The highest BCUT2D eigenvalue weighted by Gasteiger charge is 2.36. The van der Waals surface area contributed by atoms with Crippen molar-refractivity contribution in [3.05, 3.63) is 138 Å². The number of carbonyl (C=O) groups excluding carboxylic acids is 7. The molecule has 23 heteroatoms. The van der Waals surface area contributed by atoms with Crippen molar-refractivity contribution < 1.29 is 38.7 Å². The fourth-order valence-electron chi connectivity index (χ4n) is 9.30. The maximum atomic E-state index is 14.9. The van der Waals surface area contributed by atoms with Crippen LogP contribution in [0.2, 0.25) is 0 Å². The van der Waals surface area contributed by atoms with Crippen LogP contribution in [0.4, 0.5) is 0 Å². The number of carbonyl (C=O) groups is 7. The number of nitrogens with two attached hydrogens (primary N) is 3. The van der Waals surface area contributed by atoms with Crippen molar-refractivity contribution >= 4 is 90.6 Å². The summed E-state index contributed by atoms with van der Waals surface area (Å²) in [6, 6.07) is 20.0. The van der Waals surface area contributed by atoms with Crippen molar-refractivity contribution in [1.29, 1.82) is 5.41 Å². The Morgan fingerprint density at radius 3 is 1.89 bits per heavy atom. The molecule has 2 aromatic heterocycles. The summed E-state index contributed by atoms with van der Waals surface area (Å²) in [5.41, 5.74) is 22.8. The minimum Gasteiger partial charge on any atom is -0.508 e. The summed E-state index contributed by atoms with van der Waals surface area (Å²) in [6.45, 7) is 3.72. The summed E-state index contributed by atoms with van der Waals surface area (Å²) in [5, 5.41) is 40.1. The van der Waals surface area contributed by atoms with Gasteiger partial charge in [-0.1, -0.05) is 114 Å². The predicted molar refractivity (Wildman–Crippen MR) is 312 cm³/mol. The van der Waals surface area contributed by atoms with Crippen molar-refractivity contribution in [3.63, 3.8) is 0 Å². The van der Waals surface area contributed by atoms with E-state index in [1.807, 2.05) is 78.9 Å². The average Bonchev–Trinajstić information content (AvgIpc) is 4.06. The van der Waals surface area contributed by atoms with Gasteiger partial charge in [0.15, 0.2) is 0 Å². The number of H-pyrrole nitrogens is 2. The van der Waals surface area contributed by atoms with E-state index >= 15 is 0 Å². The van der Waals surface area contributed by atoms with Crippen LogP contribution in [0.5, 0.6) is 5.75 Å². The molecule has 6 aromatic rings. The van der Waals surface area contributed by atoms with Crippen LogP contribution in [0.3, 0.4) is 0 Å². The van der Waals surface area contributed by atoms with Gasteiger partial charge in [-0.15, -0.1) is 0 Å². The van der Waals surface area contributed by atoms with Crippen LogP contribution in [-0.2, 0) is 59.2 Å². The molecule has 3 heterocycles. The number of unbranched alkanes of at least 4 members (excludes halogenated alkanes) is 1. The molecule has 0 bridgehead atoms. The minimum atomic E-state index is -1.39. The normalized spacial score (nSPS) is 20.8. The number of phenolic OH excluding ortho intramolecular Hbond substituents is 1. The van der Waals surface area contributed by atoms with E-state index in [1.54, 1.807) is 38.4 Å². The van der Waals surface area contributed by atoms with E-state index < -0.39 is 95.6 Å². The van der Waals surface area contributed by atoms with Crippen LogP contribution in [0.1, 0.15) is 55.4 Å². The number of amidine groups is 1. The Morgan fingerprint density at radius 1 is 0.662 bits per heavy atom. The first-order valence-corrected chi connectivity index (χ1v) is 29.0. The van der Waals surface area contributed by atoms with Crippen molar-refractivity contribution in [3.8, 4) is 5.75 Å². The fourth-order valence-corrected chi connectivity index (χ4v) is 11.6. The summed E-state index contributed by atoms with van der Waals surface area (Å²) in [6.07, 6.45) is 4.55. The molecule has 0 radical (unpaired) electrons. The first kappa shape index (κ1) is 59.8.